The molecule has 0 N–H and O–H groups in total. The predicted molar refractivity (Wildman–Crippen MR) is 116 cm³/mol. The Labute approximate surface area is 171 Å². The molecule has 1 saturated carbocycles. The van der Waals surface area contributed by atoms with Crippen LogP contribution >= 0.6 is 0 Å². The zero-order valence-corrected chi connectivity index (χ0v) is 18.1. The monoisotopic (exact) mass is 386 g/mol. The summed E-state index contributed by atoms with van der Waals surface area (Å²) in [5, 5.41) is 4.62. The van der Waals surface area contributed by atoms with Gasteiger partial charge in [-0.15, -0.1) is 0 Å². The first kappa shape index (κ1) is 21.3. The molecule has 156 valence electrons. The van der Waals surface area contributed by atoms with Crippen molar-refractivity contribution in [3.8, 4) is 0 Å². The molecule has 0 bridgehead atoms. The van der Waals surface area contributed by atoms with Crippen molar-refractivity contribution in [1.29, 1.82) is 0 Å². The standard InChI is InChI=1S/C24H38N2O2/c1-24(2,3)22-11-9-21(10-12-22)23(13-14-26-15-17-27-18-16-26)25-28-19-20-7-5-4-6-8-20/h9-12,20H,4-8,13-19H2,1-3H3/b25-23+. The molecular formula is C24H38N2O2. The maximum absolute atomic E-state index is 5.87. The van der Waals surface area contributed by atoms with Gasteiger partial charge in [0.2, 0.25) is 0 Å². The first-order chi connectivity index (χ1) is 13.5. The highest BCUT2D eigenvalue weighted by Gasteiger charge is 2.17. The molecule has 28 heavy (non-hydrogen) atoms. The summed E-state index contributed by atoms with van der Waals surface area (Å²) in [4.78, 5) is 8.33. The number of hydrogen-bond donors (Lipinski definition) is 0. The second-order valence-electron chi connectivity index (χ2n) is 9.37. The fourth-order valence-corrected chi connectivity index (χ4v) is 4.07. The Morgan fingerprint density at radius 2 is 1.75 bits per heavy atom. The molecule has 1 aromatic rings. The van der Waals surface area contributed by atoms with E-state index in [1.807, 2.05) is 0 Å². The number of rotatable bonds is 7. The molecule has 1 heterocycles. The van der Waals surface area contributed by atoms with E-state index in [1.165, 1.54) is 43.2 Å². The van der Waals surface area contributed by atoms with Crippen molar-refractivity contribution in [1.82, 2.24) is 4.90 Å². The van der Waals surface area contributed by atoms with Gasteiger partial charge in [-0.2, -0.15) is 0 Å². The van der Waals surface area contributed by atoms with Gasteiger partial charge in [0.25, 0.3) is 0 Å². The minimum Gasteiger partial charge on any atom is -0.395 e. The third kappa shape index (κ3) is 6.59. The van der Waals surface area contributed by atoms with Gasteiger partial charge in [-0.1, -0.05) is 69.5 Å². The van der Waals surface area contributed by atoms with Crippen LogP contribution in [0.1, 0.15) is 70.4 Å². The van der Waals surface area contributed by atoms with Crippen LogP contribution in [0.15, 0.2) is 29.4 Å². The van der Waals surface area contributed by atoms with Crippen LogP contribution in [0, 0.1) is 5.92 Å². The predicted octanol–water partition coefficient (Wildman–Crippen LogP) is 5.01. The van der Waals surface area contributed by atoms with Gasteiger partial charge < -0.3 is 9.57 Å². The number of hydrogen-bond acceptors (Lipinski definition) is 4. The molecule has 0 radical (unpaired) electrons. The van der Waals surface area contributed by atoms with E-state index in [1.54, 1.807) is 0 Å². The third-order valence-corrected chi connectivity index (χ3v) is 6.06. The van der Waals surface area contributed by atoms with E-state index in [9.17, 15) is 0 Å². The first-order valence-corrected chi connectivity index (χ1v) is 11.1. The Hall–Kier alpha value is -1.39. The van der Waals surface area contributed by atoms with E-state index in [4.69, 9.17) is 9.57 Å². The molecule has 0 aromatic heterocycles. The Bertz CT molecular complexity index is 606. The summed E-state index contributed by atoms with van der Waals surface area (Å²) in [5.41, 5.74) is 3.78. The SMILES string of the molecule is CC(C)(C)c1ccc(/C(CCN2CCOCC2)=N/OCC2CCCCC2)cc1. The van der Waals surface area contributed by atoms with Gasteiger partial charge >= 0.3 is 0 Å². The van der Waals surface area contributed by atoms with Crippen molar-refractivity contribution in [2.45, 2.75) is 64.7 Å². The molecule has 2 fully saturated rings. The summed E-state index contributed by atoms with van der Waals surface area (Å²) in [6, 6.07) is 8.90. The van der Waals surface area contributed by atoms with Crippen LogP contribution in [0.5, 0.6) is 0 Å². The van der Waals surface area contributed by atoms with Crippen molar-refractivity contribution in [2.75, 3.05) is 39.5 Å². The molecule has 0 atom stereocenters. The summed E-state index contributed by atoms with van der Waals surface area (Å²) < 4.78 is 5.47. The quantitative estimate of drug-likeness (QED) is 0.488. The zero-order chi connectivity index (χ0) is 19.8. The lowest BCUT2D eigenvalue weighted by Crippen LogP contribution is -2.37. The van der Waals surface area contributed by atoms with Gasteiger partial charge in [-0.05, 0) is 35.3 Å². The third-order valence-electron chi connectivity index (χ3n) is 6.06. The van der Waals surface area contributed by atoms with Crippen molar-refractivity contribution in [2.24, 2.45) is 11.1 Å². The van der Waals surface area contributed by atoms with Gasteiger partial charge in [0.1, 0.15) is 6.61 Å². The van der Waals surface area contributed by atoms with E-state index in [0.29, 0.717) is 5.92 Å². The van der Waals surface area contributed by atoms with E-state index in [2.05, 4.69) is 55.1 Å². The van der Waals surface area contributed by atoms with Crippen molar-refractivity contribution >= 4 is 5.71 Å². The topological polar surface area (TPSA) is 34.1 Å². The summed E-state index contributed by atoms with van der Waals surface area (Å²) in [6.07, 6.45) is 7.56. The van der Waals surface area contributed by atoms with Gasteiger partial charge in [0, 0.05) is 26.1 Å². The van der Waals surface area contributed by atoms with Crippen LogP contribution in [0.25, 0.3) is 0 Å². The molecule has 2 aliphatic rings. The average molecular weight is 387 g/mol. The number of oxime groups is 1. The minimum atomic E-state index is 0.168. The van der Waals surface area contributed by atoms with E-state index in [-0.39, 0.29) is 5.41 Å². The average Bonchev–Trinajstić information content (AvgIpc) is 2.71. The Morgan fingerprint density at radius 3 is 2.39 bits per heavy atom. The van der Waals surface area contributed by atoms with Crippen LogP contribution in [-0.2, 0) is 15.0 Å². The molecule has 1 saturated heterocycles. The summed E-state index contributed by atoms with van der Waals surface area (Å²) >= 11 is 0. The highest BCUT2D eigenvalue weighted by atomic mass is 16.6. The molecule has 1 aliphatic carbocycles. The lowest BCUT2D eigenvalue weighted by Gasteiger charge is -2.26. The fourth-order valence-electron chi connectivity index (χ4n) is 4.07. The first-order valence-electron chi connectivity index (χ1n) is 11.1. The number of ether oxygens (including phenoxy) is 1. The zero-order valence-electron chi connectivity index (χ0n) is 18.1. The van der Waals surface area contributed by atoms with E-state index < -0.39 is 0 Å². The van der Waals surface area contributed by atoms with Crippen LogP contribution in [0.3, 0.4) is 0 Å². The van der Waals surface area contributed by atoms with E-state index in [0.717, 1.165) is 51.6 Å². The maximum atomic E-state index is 5.87. The molecule has 3 rings (SSSR count). The van der Waals surface area contributed by atoms with Gasteiger partial charge in [-0.3, -0.25) is 4.90 Å². The molecule has 4 nitrogen and oxygen atoms in total. The fraction of sp³-hybridized carbons (Fsp3) is 0.708. The normalized spacial score (nSPS) is 20.3. The Kier molecular flexibility index (Phi) is 7.92. The Balaban J connectivity index is 1.64. The smallest absolute Gasteiger partial charge is 0.120 e. The van der Waals surface area contributed by atoms with Crippen LogP contribution in [0.2, 0.25) is 0 Å². The second-order valence-corrected chi connectivity index (χ2v) is 9.37. The molecule has 0 spiro atoms. The minimum absolute atomic E-state index is 0.168. The molecule has 4 heteroatoms. The van der Waals surface area contributed by atoms with Gasteiger partial charge in [0.15, 0.2) is 0 Å². The van der Waals surface area contributed by atoms with Crippen LogP contribution in [-0.4, -0.2) is 50.1 Å². The highest BCUT2D eigenvalue weighted by molar-refractivity contribution is 6.00. The van der Waals surface area contributed by atoms with Crippen molar-refractivity contribution < 1.29 is 9.57 Å². The molecular weight excluding hydrogens is 348 g/mol. The lowest BCUT2D eigenvalue weighted by atomic mass is 9.86. The van der Waals surface area contributed by atoms with Gasteiger partial charge in [0.05, 0.1) is 18.9 Å². The van der Waals surface area contributed by atoms with Crippen molar-refractivity contribution in [3.05, 3.63) is 35.4 Å². The molecule has 0 amide bonds. The van der Waals surface area contributed by atoms with Crippen LogP contribution < -0.4 is 0 Å². The summed E-state index contributed by atoms with van der Waals surface area (Å²) in [7, 11) is 0. The van der Waals surface area contributed by atoms with E-state index >= 15 is 0 Å². The molecule has 0 unspecified atom stereocenters. The van der Waals surface area contributed by atoms with Gasteiger partial charge in [-0.25, -0.2) is 0 Å². The molecule has 1 aliphatic heterocycles. The number of benzene rings is 1. The van der Waals surface area contributed by atoms with Crippen LogP contribution in [0.4, 0.5) is 0 Å². The largest absolute Gasteiger partial charge is 0.395 e. The summed E-state index contributed by atoms with van der Waals surface area (Å²) in [5.74, 6) is 0.682. The maximum Gasteiger partial charge on any atom is 0.120 e. The lowest BCUT2D eigenvalue weighted by molar-refractivity contribution is 0.0389. The highest BCUT2D eigenvalue weighted by Crippen LogP contribution is 2.25. The number of nitrogens with zero attached hydrogens (tertiary/aromatic N) is 2. The summed E-state index contributed by atoms with van der Waals surface area (Å²) in [6.45, 7) is 12.2. The Morgan fingerprint density at radius 1 is 1.07 bits per heavy atom. The number of morpholine rings is 1. The second kappa shape index (κ2) is 10.4. The van der Waals surface area contributed by atoms with Crippen molar-refractivity contribution in [3.63, 3.8) is 0 Å². The molecule has 1 aromatic carbocycles.